The molecule has 1 atom stereocenters. The lowest BCUT2D eigenvalue weighted by Gasteiger charge is -2.32. The summed E-state index contributed by atoms with van der Waals surface area (Å²) in [7, 11) is 0. The lowest BCUT2D eigenvalue weighted by molar-refractivity contribution is 0.626. The van der Waals surface area contributed by atoms with Crippen molar-refractivity contribution in [1.82, 2.24) is 0 Å². The van der Waals surface area contributed by atoms with Gasteiger partial charge in [0.1, 0.15) is 0 Å². The van der Waals surface area contributed by atoms with E-state index in [4.69, 9.17) is 0 Å². The highest BCUT2D eigenvalue weighted by atomic mass is 15.1. The highest BCUT2D eigenvalue weighted by molar-refractivity contribution is 6.09. The molecule has 3 aliphatic carbocycles. The van der Waals surface area contributed by atoms with Crippen LogP contribution in [0.4, 0.5) is 17.1 Å². The van der Waals surface area contributed by atoms with Gasteiger partial charge in [-0.1, -0.05) is 208 Å². The van der Waals surface area contributed by atoms with Gasteiger partial charge in [-0.2, -0.15) is 0 Å². The van der Waals surface area contributed by atoms with Crippen LogP contribution in [-0.2, 0) is 17.3 Å². The van der Waals surface area contributed by atoms with Crippen molar-refractivity contribution >= 4 is 27.8 Å². The Morgan fingerprint density at radius 1 is 0.369 bits per heavy atom. The van der Waals surface area contributed by atoms with Crippen LogP contribution in [0.5, 0.6) is 0 Å². The van der Waals surface area contributed by atoms with Crippen LogP contribution in [0.1, 0.15) is 53.6 Å². The lowest BCUT2D eigenvalue weighted by atomic mass is 9.73. The molecule has 0 fully saturated rings. The van der Waals surface area contributed by atoms with Gasteiger partial charge in [-0.25, -0.2) is 0 Å². The van der Waals surface area contributed by atoms with Crippen LogP contribution < -0.4 is 4.90 Å². The van der Waals surface area contributed by atoms with E-state index in [9.17, 15) is 0 Å². The molecule has 0 heterocycles. The monoisotopic (exact) mass is 829 g/mol. The van der Waals surface area contributed by atoms with Gasteiger partial charge in [0.15, 0.2) is 0 Å². The molecule has 0 N–H and O–H groups in total. The summed E-state index contributed by atoms with van der Waals surface area (Å²) in [6.07, 6.45) is 2.13. The smallest absolute Gasteiger partial charge is 0.0540 e. The number of aryl methyl sites for hydroxylation is 1. The number of fused-ring (bicyclic) bond motifs is 11. The van der Waals surface area contributed by atoms with Gasteiger partial charge in [-0.15, -0.1) is 0 Å². The first-order valence-corrected chi connectivity index (χ1v) is 23.1. The van der Waals surface area contributed by atoms with Crippen molar-refractivity contribution in [3.63, 3.8) is 0 Å². The van der Waals surface area contributed by atoms with Crippen LogP contribution in [-0.4, -0.2) is 0 Å². The zero-order valence-electron chi connectivity index (χ0n) is 36.7. The number of nitrogens with zero attached hydrogens (tertiary/aromatic N) is 1. The molecule has 0 saturated carbocycles. The first kappa shape index (κ1) is 37.8. The normalized spacial score (nSPS) is 15.9. The average molecular weight is 830 g/mol. The molecule has 1 heteroatoms. The van der Waals surface area contributed by atoms with Gasteiger partial charge in [0.05, 0.1) is 5.69 Å². The minimum Gasteiger partial charge on any atom is -0.310 e. The number of rotatable bonds is 6. The summed E-state index contributed by atoms with van der Waals surface area (Å²) in [6, 6.07) is 84.2. The highest BCUT2D eigenvalue weighted by Gasteiger charge is 2.48. The SMILES string of the molecule is CC1(C)c2ccccc2-c2cccc(-c3ccc(N(c4ccc5c(c4)C4(CCc6ccccc64)c4ccccc4-5)c4ccccc4-c4cccc5cccc(-c6ccccc6)c45)cc3)c21. The number of anilines is 3. The van der Waals surface area contributed by atoms with E-state index in [0.29, 0.717) is 0 Å². The average Bonchev–Trinajstić information content (AvgIpc) is 3.97. The molecule has 13 rings (SSSR count). The van der Waals surface area contributed by atoms with Crippen LogP contribution in [0.15, 0.2) is 224 Å². The Hall–Kier alpha value is -7.74. The minimum atomic E-state index is -0.203. The Kier molecular flexibility index (Phi) is 8.37. The second-order valence-electron chi connectivity index (χ2n) is 18.7. The minimum absolute atomic E-state index is 0.111. The van der Waals surface area contributed by atoms with Crippen LogP contribution in [0.3, 0.4) is 0 Å². The second-order valence-corrected chi connectivity index (χ2v) is 18.7. The number of hydrogen-bond donors (Lipinski definition) is 0. The van der Waals surface area contributed by atoms with E-state index in [0.717, 1.165) is 29.9 Å². The van der Waals surface area contributed by atoms with E-state index in [2.05, 4.69) is 243 Å². The molecule has 0 saturated heterocycles. The molecule has 1 nitrogen and oxygen atoms in total. The van der Waals surface area contributed by atoms with Crippen molar-refractivity contribution in [3.05, 3.63) is 258 Å². The predicted octanol–water partition coefficient (Wildman–Crippen LogP) is 16.9. The summed E-state index contributed by atoms with van der Waals surface area (Å²) in [5.41, 5.74) is 24.4. The van der Waals surface area contributed by atoms with Crippen LogP contribution in [0.2, 0.25) is 0 Å². The standard InChI is InChI=1S/C64H47N/c1-63(2)57-30-11-7-23-51(57)55-28-16-26-49(62(55)63)43-33-35-46(36-34-43)65(47-37-38-52-50-22-8-12-31-58(50)64(59(52)41-47)40-39-44-19-6-10-29-56(44)64)60-32-13-9-24-53(60)54-27-15-21-45-20-14-25-48(61(45)54)42-17-4-3-5-18-42/h3-38,41H,39-40H2,1-2H3. The molecule has 10 aromatic rings. The van der Waals surface area contributed by atoms with Crippen molar-refractivity contribution in [2.45, 2.75) is 37.5 Å². The second kappa shape index (κ2) is 14.4. The third-order valence-corrected chi connectivity index (χ3v) is 15.1. The molecule has 0 aliphatic heterocycles. The molecular weight excluding hydrogens is 783 g/mol. The maximum atomic E-state index is 2.53. The van der Waals surface area contributed by atoms with Crippen molar-refractivity contribution in [2.24, 2.45) is 0 Å². The van der Waals surface area contributed by atoms with Crippen LogP contribution >= 0.6 is 0 Å². The Morgan fingerprint density at radius 3 is 1.72 bits per heavy atom. The van der Waals surface area contributed by atoms with Gasteiger partial charge in [0.25, 0.3) is 0 Å². The van der Waals surface area contributed by atoms with Crippen molar-refractivity contribution in [1.29, 1.82) is 0 Å². The fourth-order valence-electron chi connectivity index (χ4n) is 12.3. The molecule has 0 aromatic heterocycles. The van der Waals surface area contributed by atoms with Crippen molar-refractivity contribution in [2.75, 3.05) is 4.90 Å². The third-order valence-electron chi connectivity index (χ3n) is 15.1. The van der Waals surface area contributed by atoms with E-state index < -0.39 is 0 Å². The van der Waals surface area contributed by atoms with E-state index in [1.165, 1.54) is 99.8 Å². The van der Waals surface area contributed by atoms with Crippen molar-refractivity contribution < 1.29 is 0 Å². The summed E-state index contributed by atoms with van der Waals surface area (Å²) in [4.78, 5) is 2.52. The van der Waals surface area contributed by atoms with Gasteiger partial charge >= 0.3 is 0 Å². The Balaban J connectivity index is 1.03. The fraction of sp³-hybridized carbons (Fsp3) is 0.0938. The van der Waals surface area contributed by atoms with Gasteiger partial charge < -0.3 is 4.90 Å². The molecule has 0 bridgehead atoms. The summed E-state index contributed by atoms with van der Waals surface area (Å²) < 4.78 is 0. The third kappa shape index (κ3) is 5.52. The van der Waals surface area contributed by atoms with E-state index in [-0.39, 0.29) is 10.8 Å². The molecule has 1 spiro atoms. The Bertz CT molecular complexity index is 3520. The Morgan fingerprint density at radius 2 is 0.923 bits per heavy atom. The highest BCUT2D eigenvalue weighted by Crippen LogP contribution is 2.60. The molecule has 3 aliphatic rings. The molecule has 1 unspecified atom stereocenters. The summed E-state index contributed by atoms with van der Waals surface area (Å²) in [6.45, 7) is 4.76. The molecular formula is C64H47N. The summed E-state index contributed by atoms with van der Waals surface area (Å²) >= 11 is 0. The van der Waals surface area contributed by atoms with E-state index in [1.54, 1.807) is 0 Å². The number of para-hydroxylation sites is 1. The lowest BCUT2D eigenvalue weighted by Crippen LogP contribution is -2.24. The van der Waals surface area contributed by atoms with Gasteiger partial charge in [0.2, 0.25) is 0 Å². The van der Waals surface area contributed by atoms with E-state index >= 15 is 0 Å². The number of hydrogen-bond acceptors (Lipinski definition) is 1. The van der Waals surface area contributed by atoms with Gasteiger partial charge in [-0.3, -0.25) is 0 Å². The van der Waals surface area contributed by atoms with Crippen LogP contribution in [0, 0.1) is 0 Å². The molecule has 0 radical (unpaired) electrons. The molecule has 0 amide bonds. The molecule has 10 aromatic carbocycles. The van der Waals surface area contributed by atoms with E-state index in [1.807, 2.05) is 0 Å². The first-order valence-electron chi connectivity index (χ1n) is 23.1. The molecule has 308 valence electrons. The summed E-state index contributed by atoms with van der Waals surface area (Å²) in [5, 5.41) is 2.49. The topological polar surface area (TPSA) is 3.24 Å². The maximum Gasteiger partial charge on any atom is 0.0540 e. The maximum absolute atomic E-state index is 2.53. The van der Waals surface area contributed by atoms with Gasteiger partial charge in [-0.05, 0) is 137 Å². The first-order chi connectivity index (χ1) is 32.0. The molecule has 65 heavy (non-hydrogen) atoms. The predicted molar refractivity (Wildman–Crippen MR) is 273 cm³/mol. The zero-order chi connectivity index (χ0) is 43.3. The number of benzene rings is 10. The van der Waals surface area contributed by atoms with Crippen LogP contribution in [0.25, 0.3) is 66.4 Å². The quantitative estimate of drug-likeness (QED) is 0.161. The van der Waals surface area contributed by atoms with Gasteiger partial charge in [0, 0.05) is 27.8 Å². The van der Waals surface area contributed by atoms with Crippen molar-refractivity contribution in [3.8, 4) is 55.6 Å². The Labute approximate surface area is 382 Å². The largest absolute Gasteiger partial charge is 0.310 e. The summed E-state index contributed by atoms with van der Waals surface area (Å²) in [5.74, 6) is 0. The zero-order valence-corrected chi connectivity index (χ0v) is 36.7. The fourth-order valence-corrected chi connectivity index (χ4v) is 12.3.